The minimum Gasteiger partial charge on any atom is -0.392 e. The summed E-state index contributed by atoms with van der Waals surface area (Å²) < 4.78 is 0.165. The molecule has 1 aliphatic rings. The molecule has 1 aliphatic carbocycles. The van der Waals surface area contributed by atoms with E-state index in [2.05, 4.69) is 32.6 Å². The second-order valence-corrected chi connectivity index (χ2v) is 7.61. The SMILES string of the molecule is CC(C)([SH2+])CSCC1C=C(CO)C=C(CO)C1. The summed E-state index contributed by atoms with van der Waals surface area (Å²) in [6.45, 7) is 4.48. The van der Waals surface area contributed by atoms with Crippen molar-refractivity contribution < 1.29 is 10.2 Å². The first-order valence-electron chi connectivity index (χ1n) is 5.89. The van der Waals surface area contributed by atoms with Crippen LogP contribution in [0.25, 0.3) is 0 Å². The minimum atomic E-state index is 0.0637. The van der Waals surface area contributed by atoms with E-state index < -0.39 is 0 Å². The monoisotopic (exact) mass is 275 g/mol. The molecule has 0 aromatic carbocycles. The Morgan fingerprint density at radius 1 is 1.41 bits per heavy atom. The van der Waals surface area contributed by atoms with Crippen LogP contribution in [0.2, 0.25) is 0 Å². The van der Waals surface area contributed by atoms with Crippen LogP contribution in [-0.2, 0) is 12.6 Å². The van der Waals surface area contributed by atoms with Crippen LogP contribution in [0, 0.1) is 5.92 Å². The molecule has 0 radical (unpaired) electrons. The molecule has 4 heteroatoms. The summed E-state index contributed by atoms with van der Waals surface area (Å²) in [6, 6.07) is 0. The van der Waals surface area contributed by atoms with Gasteiger partial charge in [-0.15, -0.1) is 0 Å². The third kappa shape index (κ3) is 6.00. The van der Waals surface area contributed by atoms with Crippen molar-refractivity contribution in [1.82, 2.24) is 0 Å². The lowest BCUT2D eigenvalue weighted by atomic mass is 9.92. The third-order valence-electron chi connectivity index (χ3n) is 2.54. The Morgan fingerprint density at radius 3 is 2.65 bits per heavy atom. The Kier molecular flexibility index (Phi) is 6.13. The van der Waals surface area contributed by atoms with Crippen LogP contribution in [0.1, 0.15) is 20.3 Å². The minimum absolute atomic E-state index is 0.0637. The predicted molar refractivity (Wildman–Crippen MR) is 80.0 cm³/mol. The molecule has 0 saturated heterocycles. The van der Waals surface area contributed by atoms with Crippen molar-refractivity contribution in [3.63, 3.8) is 0 Å². The first-order valence-corrected chi connectivity index (χ1v) is 7.54. The van der Waals surface area contributed by atoms with Gasteiger partial charge in [0, 0.05) is 11.5 Å². The highest BCUT2D eigenvalue weighted by atomic mass is 32.2. The van der Waals surface area contributed by atoms with Crippen LogP contribution >= 0.6 is 11.8 Å². The van der Waals surface area contributed by atoms with Crippen molar-refractivity contribution in [1.29, 1.82) is 0 Å². The Hall–Kier alpha value is 0.1000. The van der Waals surface area contributed by atoms with Crippen LogP contribution in [0.3, 0.4) is 0 Å². The van der Waals surface area contributed by atoms with Gasteiger partial charge < -0.3 is 10.2 Å². The second kappa shape index (κ2) is 6.88. The maximum Gasteiger partial charge on any atom is 0.127 e. The van der Waals surface area contributed by atoms with Gasteiger partial charge in [-0.25, -0.2) is 0 Å². The summed E-state index contributed by atoms with van der Waals surface area (Å²) in [6.07, 6.45) is 4.96. The van der Waals surface area contributed by atoms with E-state index in [4.69, 9.17) is 5.11 Å². The largest absolute Gasteiger partial charge is 0.392 e. The number of hydrogen-bond donors (Lipinski definition) is 2. The molecule has 2 N–H and O–H groups in total. The Labute approximate surface area is 114 Å². The van der Waals surface area contributed by atoms with Gasteiger partial charge in [-0.3, -0.25) is 0 Å². The lowest BCUT2D eigenvalue weighted by Crippen LogP contribution is -2.20. The van der Waals surface area contributed by atoms with Crippen LogP contribution in [-0.4, -0.2) is 39.7 Å². The maximum absolute atomic E-state index is 9.19. The Bertz CT molecular complexity index is 303. The van der Waals surface area contributed by atoms with Crippen molar-refractivity contribution in [2.24, 2.45) is 5.92 Å². The van der Waals surface area contributed by atoms with E-state index in [1.807, 2.05) is 17.8 Å². The highest BCUT2D eigenvalue weighted by Crippen LogP contribution is 2.26. The van der Waals surface area contributed by atoms with Crippen molar-refractivity contribution in [3.8, 4) is 0 Å². The van der Waals surface area contributed by atoms with E-state index in [1.54, 1.807) is 0 Å². The van der Waals surface area contributed by atoms with Crippen molar-refractivity contribution >= 4 is 24.4 Å². The van der Waals surface area contributed by atoms with E-state index in [0.29, 0.717) is 5.92 Å². The molecular formula is C13H23O2S2+. The normalized spacial score (nSPS) is 21.1. The average Bonchev–Trinajstić information content (AvgIpc) is 2.26. The predicted octanol–water partition coefficient (Wildman–Crippen LogP) is 1.37. The zero-order chi connectivity index (χ0) is 12.9. The lowest BCUT2D eigenvalue weighted by molar-refractivity contribution is 0.317. The highest BCUT2D eigenvalue weighted by molar-refractivity contribution is 7.99. The van der Waals surface area contributed by atoms with E-state index in [0.717, 1.165) is 29.1 Å². The molecule has 0 bridgehead atoms. The summed E-state index contributed by atoms with van der Waals surface area (Å²) in [4.78, 5) is 0. The summed E-state index contributed by atoms with van der Waals surface area (Å²) in [5.74, 6) is 2.53. The fourth-order valence-corrected chi connectivity index (χ4v) is 3.30. The quantitative estimate of drug-likeness (QED) is 0.719. The number of aliphatic hydroxyl groups excluding tert-OH is 2. The van der Waals surface area contributed by atoms with Gasteiger partial charge in [-0.1, -0.05) is 12.2 Å². The van der Waals surface area contributed by atoms with Gasteiger partial charge in [0.05, 0.1) is 13.2 Å². The van der Waals surface area contributed by atoms with E-state index in [1.165, 1.54) is 0 Å². The van der Waals surface area contributed by atoms with Crippen LogP contribution in [0.15, 0.2) is 23.3 Å². The fourth-order valence-electron chi connectivity index (χ4n) is 1.85. The van der Waals surface area contributed by atoms with Gasteiger partial charge in [0.2, 0.25) is 0 Å². The summed E-state index contributed by atoms with van der Waals surface area (Å²) in [7, 11) is 0. The highest BCUT2D eigenvalue weighted by Gasteiger charge is 2.20. The third-order valence-corrected chi connectivity index (χ3v) is 4.57. The molecule has 1 rings (SSSR count). The van der Waals surface area contributed by atoms with Gasteiger partial charge in [0.15, 0.2) is 0 Å². The first-order chi connectivity index (χ1) is 7.94. The van der Waals surface area contributed by atoms with E-state index in [9.17, 15) is 5.11 Å². The molecule has 0 aromatic rings. The molecular weight excluding hydrogens is 252 g/mol. The smallest absolute Gasteiger partial charge is 0.127 e. The Balaban J connectivity index is 2.45. The topological polar surface area (TPSA) is 40.5 Å². The first kappa shape index (κ1) is 15.2. The van der Waals surface area contributed by atoms with Crippen LogP contribution < -0.4 is 0 Å². The zero-order valence-electron chi connectivity index (χ0n) is 10.6. The molecule has 0 heterocycles. The molecule has 2 nitrogen and oxygen atoms in total. The van der Waals surface area contributed by atoms with Gasteiger partial charge >= 0.3 is 0 Å². The number of hydrogen-bond acceptors (Lipinski definition) is 3. The van der Waals surface area contributed by atoms with Crippen molar-refractivity contribution in [3.05, 3.63) is 23.3 Å². The summed E-state index contributed by atoms with van der Waals surface area (Å²) in [5.41, 5.74) is 1.96. The molecule has 98 valence electrons. The van der Waals surface area contributed by atoms with Gasteiger partial charge in [-0.2, -0.15) is 11.8 Å². The number of aliphatic hydroxyl groups is 2. The molecule has 0 aromatic heterocycles. The molecule has 0 amide bonds. The number of rotatable bonds is 6. The molecule has 1 unspecified atom stereocenters. The lowest BCUT2D eigenvalue weighted by Gasteiger charge is -2.21. The summed E-state index contributed by atoms with van der Waals surface area (Å²) >= 11 is 5.59. The molecule has 17 heavy (non-hydrogen) atoms. The van der Waals surface area contributed by atoms with E-state index in [-0.39, 0.29) is 18.0 Å². The van der Waals surface area contributed by atoms with Crippen molar-refractivity contribution in [2.45, 2.75) is 25.0 Å². The molecule has 1 atom stereocenters. The van der Waals surface area contributed by atoms with Gasteiger partial charge in [0.1, 0.15) is 4.75 Å². The van der Waals surface area contributed by atoms with Crippen LogP contribution in [0.4, 0.5) is 0 Å². The summed E-state index contributed by atoms with van der Waals surface area (Å²) in [5, 5.41) is 18.4. The maximum atomic E-state index is 9.19. The van der Waals surface area contributed by atoms with Crippen molar-refractivity contribution in [2.75, 3.05) is 24.7 Å². The molecule has 0 spiro atoms. The van der Waals surface area contributed by atoms with E-state index >= 15 is 0 Å². The zero-order valence-corrected chi connectivity index (χ0v) is 12.4. The molecule has 0 fully saturated rings. The van der Waals surface area contributed by atoms with Gasteiger partial charge in [-0.05, 0) is 50.0 Å². The number of thioether (sulfide) groups is 1. The fraction of sp³-hybridized carbons (Fsp3) is 0.692. The average molecular weight is 275 g/mol. The molecule has 0 saturated carbocycles. The molecule has 0 aliphatic heterocycles. The van der Waals surface area contributed by atoms with Crippen LogP contribution in [0.5, 0.6) is 0 Å². The van der Waals surface area contributed by atoms with Gasteiger partial charge in [0.25, 0.3) is 0 Å². The second-order valence-electron chi connectivity index (χ2n) is 5.22. The Morgan fingerprint density at radius 2 is 2.12 bits per heavy atom. The number of allylic oxidation sites excluding steroid dienone is 1. The standard InChI is InChI=1S/C13H22O2S2/c1-13(2,16)9-17-8-12-4-10(6-14)3-11(5-12)7-15/h3-4,12,14-16H,5-9H2,1-2H3/p+1.